The van der Waals surface area contributed by atoms with E-state index in [4.69, 9.17) is 9.47 Å². The number of hydrogen-bond acceptors (Lipinski definition) is 5. The minimum absolute atomic E-state index is 0.111. The van der Waals surface area contributed by atoms with Crippen LogP contribution in [0, 0.1) is 10.1 Å². The van der Waals surface area contributed by atoms with Crippen LogP contribution in [0.3, 0.4) is 0 Å². The minimum atomic E-state index is -0.552. The van der Waals surface area contributed by atoms with Crippen molar-refractivity contribution in [3.63, 3.8) is 0 Å². The van der Waals surface area contributed by atoms with Crippen LogP contribution in [0.4, 0.5) is 11.4 Å². The number of anilines is 1. The lowest BCUT2D eigenvalue weighted by molar-refractivity contribution is -0.384. The zero-order valence-electron chi connectivity index (χ0n) is 12.1. The molecule has 22 heavy (non-hydrogen) atoms. The maximum atomic E-state index is 12.1. The normalized spacial score (nSPS) is 14.3. The first kappa shape index (κ1) is 16.5. The number of nitro benzene ring substituents is 1. The number of benzene rings is 1. The van der Waals surface area contributed by atoms with Crippen molar-refractivity contribution >= 4 is 33.2 Å². The standard InChI is InChI=1S/C14H17BrN2O5/c1-2-3-4-9(15)14(18)16-10-7-12-13(22-6-5-21-12)8-11(10)17(19)20/h7-9H,2-6H2,1H3,(H,16,18). The Kier molecular flexibility index (Phi) is 5.59. The van der Waals surface area contributed by atoms with E-state index in [0.29, 0.717) is 31.1 Å². The number of fused-ring (bicyclic) bond motifs is 1. The molecule has 1 aromatic rings. The predicted octanol–water partition coefficient (Wildman–Crippen LogP) is 3.26. The summed E-state index contributed by atoms with van der Waals surface area (Å²) in [6.45, 7) is 2.75. The molecule has 7 nitrogen and oxygen atoms in total. The third-order valence-corrected chi connectivity index (χ3v) is 4.08. The number of amides is 1. The third-order valence-electron chi connectivity index (χ3n) is 3.21. The summed E-state index contributed by atoms with van der Waals surface area (Å²) in [6.07, 6.45) is 2.53. The monoisotopic (exact) mass is 372 g/mol. The van der Waals surface area contributed by atoms with Gasteiger partial charge in [0.2, 0.25) is 5.91 Å². The third kappa shape index (κ3) is 3.88. The zero-order chi connectivity index (χ0) is 16.1. The van der Waals surface area contributed by atoms with Gasteiger partial charge in [0.05, 0.1) is 15.8 Å². The highest BCUT2D eigenvalue weighted by Crippen LogP contribution is 2.39. The zero-order valence-corrected chi connectivity index (χ0v) is 13.7. The lowest BCUT2D eigenvalue weighted by Crippen LogP contribution is -2.23. The number of carbonyl (C=O) groups is 1. The molecule has 1 aliphatic heterocycles. The fourth-order valence-corrected chi connectivity index (χ4v) is 2.49. The summed E-state index contributed by atoms with van der Waals surface area (Å²) in [5.74, 6) is 0.400. The van der Waals surface area contributed by atoms with E-state index in [2.05, 4.69) is 21.2 Å². The van der Waals surface area contributed by atoms with Crippen LogP contribution in [0.2, 0.25) is 0 Å². The number of nitrogens with one attached hydrogen (secondary N) is 1. The average Bonchev–Trinajstić information content (AvgIpc) is 2.51. The van der Waals surface area contributed by atoms with Crippen molar-refractivity contribution in [3.05, 3.63) is 22.2 Å². The Labute approximate surface area is 136 Å². The summed E-state index contributed by atoms with van der Waals surface area (Å²) in [5.41, 5.74) is -0.104. The molecule has 120 valence electrons. The van der Waals surface area contributed by atoms with Crippen molar-refractivity contribution in [1.29, 1.82) is 0 Å². The number of ether oxygens (including phenoxy) is 2. The van der Waals surface area contributed by atoms with Gasteiger partial charge in [0, 0.05) is 6.07 Å². The number of carbonyl (C=O) groups excluding carboxylic acids is 1. The highest BCUT2D eigenvalue weighted by molar-refractivity contribution is 9.10. The first-order chi connectivity index (χ1) is 10.5. The van der Waals surface area contributed by atoms with Crippen molar-refractivity contribution in [2.45, 2.75) is 31.0 Å². The van der Waals surface area contributed by atoms with E-state index in [-0.39, 0.29) is 22.1 Å². The summed E-state index contributed by atoms with van der Waals surface area (Å²) >= 11 is 3.30. The number of rotatable bonds is 6. The van der Waals surface area contributed by atoms with Crippen LogP contribution in [0.15, 0.2) is 12.1 Å². The summed E-state index contributed by atoms with van der Waals surface area (Å²) in [5, 5.41) is 13.8. The number of halogens is 1. The summed E-state index contributed by atoms with van der Waals surface area (Å²) in [7, 11) is 0. The molecule has 8 heteroatoms. The van der Waals surface area contributed by atoms with Gasteiger partial charge >= 0.3 is 0 Å². The largest absolute Gasteiger partial charge is 0.486 e. The van der Waals surface area contributed by atoms with Crippen molar-refractivity contribution in [3.8, 4) is 11.5 Å². The molecular weight excluding hydrogens is 356 g/mol. The summed E-state index contributed by atoms with van der Waals surface area (Å²) < 4.78 is 10.7. The molecule has 0 fully saturated rings. The molecule has 0 bridgehead atoms. The molecule has 0 aliphatic carbocycles. The van der Waals surface area contributed by atoms with Crippen LogP contribution in [0.1, 0.15) is 26.2 Å². The number of hydrogen-bond donors (Lipinski definition) is 1. The Bertz CT molecular complexity index is 579. The molecule has 2 rings (SSSR count). The molecule has 1 N–H and O–H groups in total. The van der Waals surface area contributed by atoms with Gasteiger partial charge in [-0.3, -0.25) is 14.9 Å². The highest BCUT2D eigenvalue weighted by Gasteiger charge is 2.25. The fraction of sp³-hybridized carbons (Fsp3) is 0.500. The molecule has 1 amide bonds. The van der Waals surface area contributed by atoms with Crippen LogP contribution >= 0.6 is 15.9 Å². The molecule has 0 spiro atoms. The highest BCUT2D eigenvalue weighted by atomic mass is 79.9. The van der Waals surface area contributed by atoms with Gasteiger partial charge in [-0.25, -0.2) is 0 Å². The smallest absolute Gasteiger partial charge is 0.296 e. The van der Waals surface area contributed by atoms with Crippen LogP contribution in [0.5, 0.6) is 11.5 Å². The number of alkyl halides is 1. The van der Waals surface area contributed by atoms with E-state index in [0.717, 1.165) is 12.8 Å². The van der Waals surface area contributed by atoms with Crippen molar-refractivity contribution in [2.24, 2.45) is 0 Å². The molecule has 0 saturated carbocycles. The lowest BCUT2D eigenvalue weighted by atomic mass is 10.2. The maximum absolute atomic E-state index is 12.1. The van der Waals surface area contributed by atoms with E-state index < -0.39 is 4.92 Å². The molecule has 1 aromatic carbocycles. The van der Waals surface area contributed by atoms with Crippen LogP contribution in [-0.2, 0) is 4.79 Å². The number of nitrogens with zero attached hydrogens (tertiary/aromatic N) is 1. The van der Waals surface area contributed by atoms with Crippen molar-refractivity contribution < 1.29 is 19.2 Å². The quantitative estimate of drug-likeness (QED) is 0.470. The van der Waals surface area contributed by atoms with Gasteiger partial charge < -0.3 is 14.8 Å². The van der Waals surface area contributed by atoms with E-state index in [9.17, 15) is 14.9 Å². The lowest BCUT2D eigenvalue weighted by Gasteiger charge is -2.19. The SMILES string of the molecule is CCCCC(Br)C(=O)Nc1cc2c(cc1[N+](=O)[O-])OCCO2. The van der Waals surface area contributed by atoms with E-state index in [1.54, 1.807) is 0 Å². The second-order valence-electron chi connectivity index (χ2n) is 4.87. The van der Waals surface area contributed by atoms with Crippen LogP contribution < -0.4 is 14.8 Å². The van der Waals surface area contributed by atoms with Gasteiger partial charge in [-0.15, -0.1) is 0 Å². The van der Waals surface area contributed by atoms with Gasteiger partial charge in [0.1, 0.15) is 18.9 Å². The molecule has 1 aliphatic rings. The Morgan fingerprint density at radius 2 is 2.05 bits per heavy atom. The van der Waals surface area contributed by atoms with Gasteiger partial charge in [-0.1, -0.05) is 35.7 Å². The van der Waals surface area contributed by atoms with E-state index >= 15 is 0 Å². The topological polar surface area (TPSA) is 90.7 Å². The van der Waals surface area contributed by atoms with Crippen LogP contribution in [0.25, 0.3) is 0 Å². The van der Waals surface area contributed by atoms with Crippen LogP contribution in [-0.4, -0.2) is 28.9 Å². The van der Waals surface area contributed by atoms with Crippen molar-refractivity contribution in [2.75, 3.05) is 18.5 Å². The van der Waals surface area contributed by atoms with Gasteiger partial charge in [-0.2, -0.15) is 0 Å². The molecule has 0 radical (unpaired) electrons. The molecule has 0 aromatic heterocycles. The number of nitro groups is 1. The first-order valence-electron chi connectivity index (χ1n) is 7.06. The first-order valence-corrected chi connectivity index (χ1v) is 7.97. The number of unbranched alkanes of at least 4 members (excludes halogenated alkanes) is 1. The minimum Gasteiger partial charge on any atom is -0.486 e. The van der Waals surface area contributed by atoms with Gasteiger partial charge in [0.15, 0.2) is 11.5 Å². The fourth-order valence-electron chi connectivity index (χ4n) is 2.05. The van der Waals surface area contributed by atoms with Gasteiger partial charge in [-0.05, 0) is 6.42 Å². The molecule has 1 heterocycles. The second-order valence-corrected chi connectivity index (χ2v) is 5.97. The Balaban J connectivity index is 2.21. The maximum Gasteiger partial charge on any atom is 0.296 e. The van der Waals surface area contributed by atoms with Gasteiger partial charge in [0.25, 0.3) is 5.69 Å². The Morgan fingerprint density at radius 1 is 1.41 bits per heavy atom. The van der Waals surface area contributed by atoms with E-state index in [1.807, 2.05) is 6.92 Å². The molecule has 0 saturated heterocycles. The Morgan fingerprint density at radius 3 is 2.64 bits per heavy atom. The second kappa shape index (κ2) is 7.44. The predicted molar refractivity (Wildman–Crippen MR) is 85.0 cm³/mol. The van der Waals surface area contributed by atoms with E-state index in [1.165, 1.54) is 12.1 Å². The van der Waals surface area contributed by atoms with Crippen molar-refractivity contribution in [1.82, 2.24) is 0 Å². The molecule has 1 atom stereocenters. The Hall–Kier alpha value is -1.83. The summed E-state index contributed by atoms with van der Waals surface area (Å²) in [4.78, 5) is 22.3. The summed E-state index contributed by atoms with van der Waals surface area (Å²) in [6, 6.07) is 2.71. The average molecular weight is 373 g/mol. The molecular formula is C14H17BrN2O5. The molecule has 1 unspecified atom stereocenters.